The van der Waals surface area contributed by atoms with Gasteiger partial charge in [0.1, 0.15) is 11.6 Å². The number of amides is 1. The maximum absolute atomic E-state index is 13.4. The Kier molecular flexibility index (Phi) is 5.07. The number of nitrogens with one attached hydrogen (secondary N) is 1. The smallest absolute Gasteiger partial charge is 0.338 e. The van der Waals surface area contributed by atoms with E-state index in [1.54, 1.807) is 0 Å². The predicted octanol–water partition coefficient (Wildman–Crippen LogP) is 2.14. The molecule has 1 fully saturated rings. The summed E-state index contributed by atoms with van der Waals surface area (Å²) in [6, 6.07) is 2.62. The van der Waals surface area contributed by atoms with Crippen LogP contribution in [0, 0.1) is 11.6 Å². The Labute approximate surface area is 126 Å². The Morgan fingerprint density at radius 3 is 2.59 bits per heavy atom. The van der Waals surface area contributed by atoms with Crippen LogP contribution in [-0.2, 0) is 14.3 Å². The van der Waals surface area contributed by atoms with Crippen molar-refractivity contribution in [3.05, 3.63) is 29.8 Å². The van der Waals surface area contributed by atoms with Crippen LogP contribution >= 0.6 is 0 Å². The number of esters is 1. The second kappa shape index (κ2) is 6.83. The third kappa shape index (κ3) is 4.00. The summed E-state index contributed by atoms with van der Waals surface area (Å²) in [4.78, 5) is 23.4. The van der Waals surface area contributed by atoms with Crippen LogP contribution in [0.5, 0.6) is 0 Å². The van der Waals surface area contributed by atoms with Gasteiger partial charge in [-0.15, -0.1) is 0 Å². The van der Waals surface area contributed by atoms with E-state index in [0.29, 0.717) is 25.7 Å². The zero-order valence-corrected chi connectivity index (χ0v) is 11.9. The van der Waals surface area contributed by atoms with Crippen molar-refractivity contribution in [1.82, 2.24) is 0 Å². The van der Waals surface area contributed by atoms with Crippen molar-refractivity contribution < 1.29 is 28.2 Å². The first kappa shape index (κ1) is 16.4. The molecule has 0 atom stereocenters. The SMILES string of the molecule is O=C(COC(=O)C1(O)CCCCC1)Nc1cc(F)ccc1F. The normalized spacial score (nSPS) is 16.9. The van der Waals surface area contributed by atoms with Crippen LogP contribution in [0.4, 0.5) is 14.5 Å². The Balaban J connectivity index is 1.87. The van der Waals surface area contributed by atoms with Gasteiger partial charge in [0.05, 0.1) is 5.69 Å². The van der Waals surface area contributed by atoms with Gasteiger partial charge in [-0.05, 0) is 37.8 Å². The molecule has 0 unspecified atom stereocenters. The highest BCUT2D eigenvalue weighted by Gasteiger charge is 2.38. The first-order valence-corrected chi connectivity index (χ1v) is 7.05. The lowest BCUT2D eigenvalue weighted by Crippen LogP contribution is -2.42. The standard InChI is InChI=1S/C15H17F2NO4/c16-10-4-5-11(17)12(8-10)18-13(19)9-22-14(20)15(21)6-2-1-3-7-15/h4-5,8,21H,1-3,6-7,9H2,(H,18,19). The van der Waals surface area contributed by atoms with Gasteiger partial charge in [-0.25, -0.2) is 13.6 Å². The first-order valence-electron chi connectivity index (χ1n) is 7.05. The third-order valence-corrected chi connectivity index (χ3v) is 3.60. The average Bonchev–Trinajstić information content (AvgIpc) is 2.49. The molecule has 0 aliphatic heterocycles. The summed E-state index contributed by atoms with van der Waals surface area (Å²) in [5.41, 5.74) is -1.89. The van der Waals surface area contributed by atoms with Crippen molar-refractivity contribution in [2.75, 3.05) is 11.9 Å². The van der Waals surface area contributed by atoms with E-state index in [1.807, 2.05) is 0 Å². The quantitative estimate of drug-likeness (QED) is 0.835. The molecule has 120 valence electrons. The number of anilines is 1. The van der Waals surface area contributed by atoms with Gasteiger partial charge in [-0.2, -0.15) is 0 Å². The summed E-state index contributed by atoms with van der Waals surface area (Å²) >= 11 is 0. The predicted molar refractivity (Wildman–Crippen MR) is 74.0 cm³/mol. The summed E-state index contributed by atoms with van der Waals surface area (Å²) < 4.78 is 31.1. The number of carbonyl (C=O) groups is 2. The lowest BCUT2D eigenvalue weighted by molar-refractivity contribution is -0.170. The first-order chi connectivity index (χ1) is 10.4. The molecule has 1 aliphatic carbocycles. The Morgan fingerprint density at radius 2 is 1.91 bits per heavy atom. The Bertz CT molecular complexity index is 571. The van der Waals surface area contributed by atoms with E-state index in [0.717, 1.165) is 24.6 Å². The van der Waals surface area contributed by atoms with Crippen molar-refractivity contribution in [2.45, 2.75) is 37.7 Å². The van der Waals surface area contributed by atoms with Crippen molar-refractivity contribution in [3.63, 3.8) is 0 Å². The molecule has 2 rings (SSSR count). The number of carbonyl (C=O) groups excluding carboxylic acids is 2. The minimum absolute atomic E-state index is 0.298. The number of benzene rings is 1. The molecule has 1 saturated carbocycles. The Morgan fingerprint density at radius 1 is 1.23 bits per heavy atom. The van der Waals surface area contributed by atoms with Gasteiger partial charge in [0.25, 0.3) is 5.91 Å². The van der Waals surface area contributed by atoms with Crippen LogP contribution in [0.15, 0.2) is 18.2 Å². The molecule has 0 aromatic heterocycles. The highest BCUT2D eigenvalue weighted by atomic mass is 19.1. The van der Waals surface area contributed by atoms with E-state index in [1.165, 1.54) is 0 Å². The van der Waals surface area contributed by atoms with Crippen molar-refractivity contribution in [3.8, 4) is 0 Å². The fourth-order valence-electron chi connectivity index (χ4n) is 2.39. The minimum atomic E-state index is -1.55. The van der Waals surface area contributed by atoms with Gasteiger partial charge in [0.15, 0.2) is 12.2 Å². The molecule has 1 amide bonds. The van der Waals surface area contributed by atoms with Gasteiger partial charge in [-0.3, -0.25) is 4.79 Å². The van der Waals surface area contributed by atoms with E-state index in [9.17, 15) is 23.5 Å². The fraction of sp³-hybridized carbons (Fsp3) is 0.467. The van der Waals surface area contributed by atoms with Crippen LogP contribution < -0.4 is 5.32 Å². The molecular weight excluding hydrogens is 296 g/mol. The lowest BCUT2D eigenvalue weighted by Gasteiger charge is -2.29. The molecule has 0 heterocycles. The van der Waals surface area contributed by atoms with Crippen LogP contribution in [0.25, 0.3) is 0 Å². The molecule has 22 heavy (non-hydrogen) atoms. The topological polar surface area (TPSA) is 75.6 Å². The third-order valence-electron chi connectivity index (χ3n) is 3.60. The zero-order chi connectivity index (χ0) is 16.2. The molecule has 0 bridgehead atoms. The Hall–Kier alpha value is -2.02. The number of halogens is 2. The van der Waals surface area contributed by atoms with Gasteiger partial charge in [0, 0.05) is 6.07 Å². The molecule has 7 heteroatoms. The van der Waals surface area contributed by atoms with Gasteiger partial charge < -0.3 is 15.2 Å². The maximum atomic E-state index is 13.4. The van der Waals surface area contributed by atoms with Crippen LogP contribution in [0.2, 0.25) is 0 Å². The van der Waals surface area contributed by atoms with Crippen molar-refractivity contribution >= 4 is 17.6 Å². The highest BCUT2D eigenvalue weighted by Crippen LogP contribution is 2.29. The van der Waals surface area contributed by atoms with Gasteiger partial charge >= 0.3 is 5.97 Å². The largest absolute Gasteiger partial charge is 0.453 e. The van der Waals surface area contributed by atoms with E-state index in [4.69, 9.17) is 4.74 Å². The number of hydrogen-bond acceptors (Lipinski definition) is 4. The van der Waals surface area contributed by atoms with E-state index >= 15 is 0 Å². The molecule has 0 saturated heterocycles. The van der Waals surface area contributed by atoms with E-state index < -0.39 is 35.7 Å². The summed E-state index contributed by atoms with van der Waals surface area (Å²) in [6.07, 6.45) is 2.96. The molecule has 1 aromatic carbocycles. The zero-order valence-electron chi connectivity index (χ0n) is 11.9. The number of rotatable bonds is 4. The summed E-state index contributed by atoms with van der Waals surface area (Å²) in [7, 11) is 0. The fourth-order valence-corrected chi connectivity index (χ4v) is 2.39. The molecule has 1 aromatic rings. The van der Waals surface area contributed by atoms with Crippen LogP contribution in [0.1, 0.15) is 32.1 Å². The highest BCUT2D eigenvalue weighted by molar-refractivity contribution is 5.93. The number of aliphatic hydroxyl groups is 1. The second-order valence-electron chi connectivity index (χ2n) is 5.34. The summed E-state index contributed by atoms with van der Waals surface area (Å²) in [5.74, 6) is -3.17. The molecule has 0 spiro atoms. The van der Waals surface area contributed by atoms with E-state index in [2.05, 4.69) is 5.32 Å². The van der Waals surface area contributed by atoms with Crippen LogP contribution in [-0.4, -0.2) is 29.2 Å². The van der Waals surface area contributed by atoms with Crippen molar-refractivity contribution in [2.24, 2.45) is 0 Å². The summed E-state index contributed by atoms with van der Waals surface area (Å²) in [5, 5.41) is 12.2. The summed E-state index contributed by atoms with van der Waals surface area (Å²) in [6.45, 7) is -0.670. The molecule has 5 nitrogen and oxygen atoms in total. The lowest BCUT2D eigenvalue weighted by atomic mass is 9.85. The molecule has 1 aliphatic rings. The molecular formula is C15H17F2NO4. The van der Waals surface area contributed by atoms with E-state index in [-0.39, 0.29) is 5.69 Å². The average molecular weight is 313 g/mol. The van der Waals surface area contributed by atoms with Gasteiger partial charge in [0.2, 0.25) is 0 Å². The second-order valence-corrected chi connectivity index (χ2v) is 5.34. The molecule has 0 radical (unpaired) electrons. The van der Waals surface area contributed by atoms with Crippen molar-refractivity contribution in [1.29, 1.82) is 0 Å². The maximum Gasteiger partial charge on any atom is 0.338 e. The van der Waals surface area contributed by atoms with Gasteiger partial charge in [-0.1, -0.05) is 6.42 Å². The number of ether oxygens (including phenoxy) is 1. The van der Waals surface area contributed by atoms with Crippen LogP contribution in [0.3, 0.4) is 0 Å². The monoisotopic (exact) mass is 313 g/mol. The molecule has 2 N–H and O–H groups in total. The number of hydrogen-bond donors (Lipinski definition) is 2. The minimum Gasteiger partial charge on any atom is -0.453 e.